The highest BCUT2D eigenvalue weighted by atomic mass is 16.6. The smallest absolute Gasteiger partial charge is 0.292 e. The van der Waals surface area contributed by atoms with Gasteiger partial charge in [-0.05, 0) is 24.3 Å². The van der Waals surface area contributed by atoms with E-state index >= 15 is 0 Å². The van der Waals surface area contributed by atoms with E-state index in [0.29, 0.717) is 13.2 Å². The van der Waals surface area contributed by atoms with Crippen molar-refractivity contribution in [2.75, 3.05) is 31.6 Å². The molecule has 2 heterocycles. The van der Waals surface area contributed by atoms with Crippen molar-refractivity contribution in [3.63, 3.8) is 0 Å². The highest BCUT2D eigenvalue weighted by molar-refractivity contribution is 5.93. The molecule has 0 bridgehead atoms. The van der Waals surface area contributed by atoms with Crippen molar-refractivity contribution in [1.82, 2.24) is 0 Å². The highest BCUT2D eigenvalue weighted by Gasteiger charge is 2.32. The fraction of sp³-hybridized carbons (Fsp3) is 0.381. The number of carbonyl (C=O) groups excluding carboxylic acids is 1. The van der Waals surface area contributed by atoms with Gasteiger partial charge in [0.25, 0.3) is 11.6 Å². The molecule has 1 amide bonds. The molecule has 1 fully saturated rings. The second-order valence-electron chi connectivity index (χ2n) is 7.36. The minimum absolute atomic E-state index is 0.100. The zero-order valence-electron chi connectivity index (χ0n) is 16.1. The molecular weight excluding hydrogens is 374 g/mol. The third-order valence-electron chi connectivity index (χ3n) is 5.42. The van der Waals surface area contributed by atoms with E-state index in [1.165, 1.54) is 6.07 Å². The van der Waals surface area contributed by atoms with Crippen molar-refractivity contribution in [2.45, 2.75) is 25.3 Å². The van der Waals surface area contributed by atoms with Crippen molar-refractivity contribution < 1.29 is 24.1 Å². The Morgan fingerprint density at radius 3 is 2.76 bits per heavy atom. The molecule has 2 atom stereocenters. The number of fused-ring (bicyclic) bond motifs is 1. The highest BCUT2D eigenvalue weighted by Crippen LogP contribution is 2.33. The van der Waals surface area contributed by atoms with Crippen LogP contribution < -0.4 is 19.7 Å². The van der Waals surface area contributed by atoms with E-state index in [1.54, 1.807) is 18.2 Å². The second-order valence-corrected chi connectivity index (χ2v) is 7.36. The van der Waals surface area contributed by atoms with E-state index in [0.717, 1.165) is 47.8 Å². The number of quaternary nitrogens is 1. The van der Waals surface area contributed by atoms with Gasteiger partial charge in [-0.3, -0.25) is 14.9 Å². The predicted molar refractivity (Wildman–Crippen MR) is 106 cm³/mol. The number of likely N-dealkylation sites (tertiary alicyclic amines) is 1. The number of nitrogens with zero attached hydrogens (tertiary/aromatic N) is 1. The molecule has 2 aromatic rings. The van der Waals surface area contributed by atoms with E-state index in [2.05, 4.69) is 5.32 Å². The number of rotatable bonds is 5. The van der Waals surface area contributed by atoms with Gasteiger partial charge in [0.1, 0.15) is 11.7 Å². The normalized spacial score (nSPS) is 20.7. The van der Waals surface area contributed by atoms with E-state index in [4.69, 9.17) is 9.47 Å². The molecule has 2 aromatic carbocycles. The molecule has 0 saturated carbocycles. The molecule has 4 rings (SSSR count). The van der Waals surface area contributed by atoms with Gasteiger partial charge in [-0.25, -0.2) is 0 Å². The Bertz CT molecular complexity index is 917. The molecule has 0 aromatic heterocycles. The average Bonchev–Trinajstić information content (AvgIpc) is 3.03. The Morgan fingerprint density at radius 2 is 1.93 bits per heavy atom. The van der Waals surface area contributed by atoms with Gasteiger partial charge in [0.15, 0.2) is 18.0 Å². The summed E-state index contributed by atoms with van der Waals surface area (Å²) in [6, 6.07) is 12.4. The number of hydrogen-bond donors (Lipinski definition) is 2. The minimum Gasteiger partial charge on any atom is -0.490 e. The van der Waals surface area contributed by atoms with Crippen LogP contribution in [0.1, 0.15) is 30.9 Å². The molecule has 1 unspecified atom stereocenters. The standard InChI is InChI=1S/C21H23N3O5/c25-21(22-16-5-1-2-6-18(16)24(26)27)14-23-10-3-7-17(23)15-8-9-19-20(13-15)29-12-4-11-28-19/h1-2,5-6,8-9,13,17H,3-4,7,10-12,14H2,(H,22,25)/p+1/t17-/m1/s1. The van der Waals surface area contributed by atoms with Crippen LogP contribution >= 0.6 is 0 Å². The summed E-state index contributed by atoms with van der Waals surface area (Å²) in [5.41, 5.74) is 1.25. The summed E-state index contributed by atoms with van der Waals surface area (Å²) in [7, 11) is 0. The summed E-state index contributed by atoms with van der Waals surface area (Å²) in [4.78, 5) is 24.4. The lowest BCUT2D eigenvalue weighted by molar-refractivity contribution is -0.910. The van der Waals surface area contributed by atoms with Crippen LogP contribution in [0, 0.1) is 10.1 Å². The van der Waals surface area contributed by atoms with Crippen LogP contribution in [0.15, 0.2) is 42.5 Å². The lowest BCUT2D eigenvalue weighted by Gasteiger charge is -2.22. The number of benzene rings is 2. The first-order valence-corrected chi connectivity index (χ1v) is 9.89. The van der Waals surface area contributed by atoms with Gasteiger partial charge in [-0.1, -0.05) is 12.1 Å². The molecule has 152 valence electrons. The minimum atomic E-state index is -0.487. The van der Waals surface area contributed by atoms with Crippen LogP contribution in [0.4, 0.5) is 11.4 Å². The maximum Gasteiger partial charge on any atom is 0.292 e. The first-order valence-electron chi connectivity index (χ1n) is 9.89. The van der Waals surface area contributed by atoms with Gasteiger partial charge < -0.3 is 19.7 Å². The van der Waals surface area contributed by atoms with Crippen molar-refractivity contribution in [1.29, 1.82) is 0 Å². The van der Waals surface area contributed by atoms with E-state index in [9.17, 15) is 14.9 Å². The maximum absolute atomic E-state index is 12.6. The summed E-state index contributed by atoms with van der Waals surface area (Å²) < 4.78 is 11.5. The number of hydrogen-bond acceptors (Lipinski definition) is 5. The largest absolute Gasteiger partial charge is 0.490 e. The molecule has 8 heteroatoms. The quantitative estimate of drug-likeness (QED) is 0.594. The molecule has 0 radical (unpaired) electrons. The molecule has 0 aliphatic carbocycles. The van der Waals surface area contributed by atoms with E-state index in [-0.39, 0.29) is 29.9 Å². The number of carbonyl (C=O) groups is 1. The number of nitro benzene ring substituents is 1. The molecule has 1 saturated heterocycles. The van der Waals surface area contributed by atoms with Crippen LogP contribution in [0.5, 0.6) is 11.5 Å². The molecule has 2 N–H and O–H groups in total. The predicted octanol–water partition coefficient (Wildman–Crippen LogP) is 2.11. The lowest BCUT2D eigenvalue weighted by Crippen LogP contribution is -3.11. The monoisotopic (exact) mass is 398 g/mol. The van der Waals surface area contributed by atoms with E-state index < -0.39 is 4.92 Å². The topological polar surface area (TPSA) is 95.1 Å². The number of nitro groups is 1. The number of amides is 1. The van der Waals surface area contributed by atoms with Crippen LogP contribution in [0.2, 0.25) is 0 Å². The molecular formula is C21H24N3O5+. The van der Waals surface area contributed by atoms with Crippen LogP contribution in [0.3, 0.4) is 0 Å². The van der Waals surface area contributed by atoms with Gasteiger partial charge in [0.05, 0.1) is 24.7 Å². The Morgan fingerprint density at radius 1 is 1.14 bits per heavy atom. The zero-order valence-corrected chi connectivity index (χ0v) is 16.1. The third kappa shape index (κ3) is 4.32. The van der Waals surface area contributed by atoms with Gasteiger partial charge in [-0.15, -0.1) is 0 Å². The zero-order chi connectivity index (χ0) is 20.2. The fourth-order valence-electron chi connectivity index (χ4n) is 4.06. The Labute approximate surface area is 168 Å². The molecule has 8 nitrogen and oxygen atoms in total. The average molecular weight is 398 g/mol. The summed E-state index contributed by atoms with van der Waals surface area (Å²) in [5.74, 6) is 1.30. The van der Waals surface area contributed by atoms with Gasteiger partial charge in [0.2, 0.25) is 0 Å². The van der Waals surface area contributed by atoms with Crippen LogP contribution in [-0.4, -0.2) is 37.1 Å². The Hall–Kier alpha value is -3.13. The Balaban J connectivity index is 1.46. The van der Waals surface area contributed by atoms with Gasteiger partial charge in [0, 0.05) is 30.9 Å². The van der Waals surface area contributed by atoms with Crippen LogP contribution in [-0.2, 0) is 4.79 Å². The van der Waals surface area contributed by atoms with Gasteiger partial charge >= 0.3 is 0 Å². The number of ether oxygens (including phenoxy) is 2. The second kappa shape index (κ2) is 8.48. The fourth-order valence-corrected chi connectivity index (χ4v) is 4.06. The summed E-state index contributed by atoms with van der Waals surface area (Å²) in [6.07, 6.45) is 2.86. The van der Waals surface area contributed by atoms with Crippen molar-refractivity contribution in [3.8, 4) is 11.5 Å². The first kappa shape index (κ1) is 19.2. The first-order chi connectivity index (χ1) is 14.1. The Kier molecular flexibility index (Phi) is 5.62. The van der Waals surface area contributed by atoms with Crippen molar-refractivity contribution >= 4 is 17.3 Å². The molecule has 2 aliphatic heterocycles. The lowest BCUT2D eigenvalue weighted by atomic mass is 10.0. The van der Waals surface area contributed by atoms with Crippen molar-refractivity contribution in [2.24, 2.45) is 0 Å². The third-order valence-corrected chi connectivity index (χ3v) is 5.42. The summed E-state index contributed by atoms with van der Waals surface area (Å²) in [6.45, 7) is 2.42. The number of nitrogens with one attached hydrogen (secondary N) is 2. The maximum atomic E-state index is 12.6. The SMILES string of the molecule is O=C(C[NH+]1CCC[C@@H]1c1ccc2c(c1)OCCCO2)Nc1ccccc1[N+](=O)[O-]. The molecule has 29 heavy (non-hydrogen) atoms. The molecule has 2 aliphatic rings. The number of anilines is 1. The van der Waals surface area contributed by atoms with E-state index in [1.807, 2.05) is 18.2 Å². The summed E-state index contributed by atoms with van der Waals surface area (Å²) in [5, 5.41) is 13.9. The van der Waals surface area contributed by atoms with Crippen molar-refractivity contribution in [3.05, 3.63) is 58.1 Å². The summed E-state index contributed by atoms with van der Waals surface area (Å²) >= 11 is 0. The van der Waals surface area contributed by atoms with Gasteiger partial charge in [-0.2, -0.15) is 0 Å². The number of para-hydroxylation sites is 2. The van der Waals surface area contributed by atoms with Crippen LogP contribution in [0.25, 0.3) is 0 Å². The molecule has 0 spiro atoms.